The molecule has 4 nitrogen and oxygen atoms in total. The molecule has 0 spiro atoms. The molecular weight excluding hydrogens is 288 g/mol. The van der Waals surface area contributed by atoms with E-state index in [4.69, 9.17) is 4.74 Å². The van der Waals surface area contributed by atoms with Crippen LogP contribution < -0.4 is 15.4 Å². The van der Waals surface area contributed by atoms with Crippen molar-refractivity contribution in [2.45, 2.75) is 26.2 Å². The molecule has 0 aliphatic carbocycles. The van der Waals surface area contributed by atoms with Crippen molar-refractivity contribution in [3.63, 3.8) is 0 Å². The van der Waals surface area contributed by atoms with Crippen molar-refractivity contribution in [2.75, 3.05) is 26.2 Å². The van der Waals surface area contributed by atoms with Gasteiger partial charge in [-0.2, -0.15) is 0 Å². The van der Waals surface area contributed by atoms with Gasteiger partial charge < -0.3 is 15.4 Å². The van der Waals surface area contributed by atoms with Crippen LogP contribution in [-0.2, 0) is 10.2 Å². The van der Waals surface area contributed by atoms with Crippen LogP contribution in [0.2, 0.25) is 0 Å². The molecule has 1 fully saturated rings. The van der Waals surface area contributed by atoms with E-state index in [2.05, 4.69) is 43.5 Å². The van der Waals surface area contributed by atoms with E-state index in [0.717, 1.165) is 18.8 Å². The summed E-state index contributed by atoms with van der Waals surface area (Å²) in [6, 6.07) is 8.15. The van der Waals surface area contributed by atoms with Crippen LogP contribution >= 0.6 is 12.4 Å². The normalized spacial score (nSPS) is 14.8. The molecule has 0 unspecified atom stereocenters. The van der Waals surface area contributed by atoms with Crippen molar-refractivity contribution < 1.29 is 9.53 Å². The van der Waals surface area contributed by atoms with Crippen molar-refractivity contribution in [3.05, 3.63) is 29.8 Å². The Morgan fingerprint density at radius 3 is 2.38 bits per heavy atom. The van der Waals surface area contributed by atoms with Gasteiger partial charge in [0, 0.05) is 13.1 Å². The third kappa shape index (κ3) is 5.21. The second-order valence-electron chi connectivity index (χ2n) is 6.27. The van der Waals surface area contributed by atoms with Crippen LogP contribution in [0.15, 0.2) is 24.3 Å². The molecule has 5 heteroatoms. The number of ether oxygens (including phenoxy) is 1. The van der Waals surface area contributed by atoms with E-state index in [1.54, 1.807) is 0 Å². The molecule has 1 amide bonds. The molecule has 21 heavy (non-hydrogen) atoms. The van der Waals surface area contributed by atoms with Gasteiger partial charge in [0.25, 0.3) is 0 Å². The predicted molar refractivity (Wildman–Crippen MR) is 87.3 cm³/mol. The third-order valence-corrected chi connectivity index (χ3v) is 3.54. The van der Waals surface area contributed by atoms with Gasteiger partial charge in [-0.25, -0.2) is 0 Å². The van der Waals surface area contributed by atoms with Crippen LogP contribution in [0.1, 0.15) is 26.3 Å². The maximum absolute atomic E-state index is 11.6. The van der Waals surface area contributed by atoms with Gasteiger partial charge in [-0.15, -0.1) is 12.4 Å². The highest BCUT2D eigenvalue weighted by molar-refractivity contribution is 5.85. The molecule has 2 rings (SSSR count). The largest absolute Gasteiger partial charge is 0.492 e. The zero-order chi connectivity index (χ0) is 14.6. The summed E-state index contributed by atoms with van der Waals surface area (Å²) in [5.41, 5.74) is 1.44. The Morgan fingerprint density at radius 1 is 1.29 bits per heavy atom. The molecule has 1 aromatic rings. The fourth-order valence-electron chi connectivity index (χ4n) is 2.01. The van der Waals surface area contributed by atoms with Crippen LogP contribution in [0.5, 0.6) is 5.75 Å². The van der Waals surface area contributed by atoms with E-state index in [9.17, 15) is 4.79 Å². The summed E-state index contributed by atoms with van der Waals surface area (Å²) in [6.07, 6.45) is 0. The van der Waals surface area contributed by atoms with E-state index in [1.165, 1.54) is 5.56 Å². The van der Waals surface area contributed by atoms with Crippen molar-refractivity contribution in [1.29, 1.82) is 0 Å². The van der Waals surface area contributed by atoms with Crippen molar-refractivity contribution in [3.8, 4) is 5.75 Å². The molecule has 118 valence electrons. The smallest absolute Gasteiger partial charge is 0.225 e. The van der Waals surface area contributed by atoms with Gasteiger partial charge in [-0.3, -0.25) is 4.79 Å². The van der Waals surface area contributed by atoms with Crippen LogP contribution in [0.3, 0.4) is 0 Å². The maximum Gasteiger partial charge on any atom is 0.225 e. The lowest BCUT2D eigenvalue weighted by molar-refractivity contribution is -0.126. The highest BCUT2D eigenvalue weighted by Crippen LogP contribution is 2.24. The number of halogens is 1. The first-order valence-corrected chi connectivity index (χ1v) is 7.18. The molecule has 1 aliphatic heterocycles. The lowest BCUT2D eigenvalue weighted by Gasteiger charge is -2.25. The fraction of sp³-hybridized carbons (Fsp3) is 0.562. The molecule has 2 N–H and O–H groups in total. The number of carbonyl (C=O) groups is 1. The number of amides is 1. The summed E-state index contributed by atoms with van der Waals surface area (Å²) in [7, 11) is 0. The molecule has 0 saturated carbocycles. The first kappa shape index (κ1) is 17.8. The van der Waals surface area contributed by atoms with Gasteiger partial charge in [0.15, 0.2) is 0 Å². The standard InChI is InChI=1S/C16H24N2O2.ClH/c1-16(2,3)13-4-6-14(7-5-13)20-9-8-18-15(19)12-10-17-11-12;/h4-7,12,17H,8-11H2,1-3H3,(H,18,19);1H. The van der Waals surface area contributed by atoms with Gasteiger partial charge in [0.2, 0.25) is 5.91 Å². The summed E-state index contributed by atoms with van der Waals surface area (Å²) in [5.74, 6) is 1.11. The van der Waals surface area contributed by atoms with Gasteiger partial charge >= 0.3 is 0 Å². The molecule has 0 atom stereocenters. The maximum atomic E-state index is 11.6. The highest BCUT2D eigenvalue weighted by atomic mass is 35.5. The van der Waals surface area contributed by atoms with E-state index >= 15 is 0 Å². The van der Waals surface area contributed by atoms with Gasteiger partial charge in [0.05, 0.1) is 12.5 Å². The van der Waals surface area contributed by atoms with Crippen LogP contribution in [-0.4, -0.2) is 32.1 Å². The molecule has 0 bridgehead atoms. The number of carbonyl (C=O) groups excluding carboxylic acids is 1. The van der Waals surface area contributed by atoms with Crippen LogP contribution in [0.4, 0.5) is 0 Å². The molecule has 1 heterocycles. The highest BCUT2D eigenvalue weighted by Gasteiger charge is 2.24. The predicted octanol–water partition coefficient (Wildman–Crippen LogP) is 2.12. The van der Waals surface area contributed by atoms with Crippen LogP contribution in [0, 0.1) is 5.92 Å². The Hall–Kier alpha value is -1.26. The minimum atomic E-state index is 0. The van der Waals surface area contributed by atoms with E-state index < -0.39 is 0 Å². The Balaban J connectivity index is 0.00000220. The van der Waals surface area contributed by atoms with Crippen molar-refractivity contribution in [2.24, 2.45) is 5.92 Å². The lowest BCUT2D eigenvalue weighted by Crippen LogP contribution is -2.51. The Bertz CT molecular complexity index is 450. The van der Waals surface area contributed by atoms with Gasteiger partial charge in [-0.1, -0.05) is 32.9 Å². The molecule has 1 saturated heterocycles. The monoisotopic (exact) mass is 312 g/mol. The number of nitrogens with one attached hydrogen (secondary N) is 2. The number of benzene rings is 1. The lowest BCUT2D eigenvalue weighted by atomic mass is 9.87. The second-order valence-corrected chi connectivity index (χ2v) is 6.27. The number of hydrogen-bond acceptors (Lipinski definition) is 3. The summed E-state index contributed by atoms with van der Waals surface area (Å²) in [6.45, 7) is 9.20. The minimum absolute atomic E-state index is 0. The SMILES string of the molecule is CC(C)(C)c1ccc(OCCNC(=O)C2CNC2)cc1.Cl. The average molecular weight is 313 g/mol. The number of rotatable bonds is 5. The summed E-state index contributed by atoms with van der Waals surface area (Å²) in [4.78, 5) is 11.6. The molecule has 0 radical (unpaired) electrons. The summed E-state index contributed by atoms with van der Waals surface area (Å²) < 4.78 is 5.63. The molecule has 0 aromatic heterocycles. The zero-order valence-corrected chi connectivity index (χ0v) is 13.8. The number of hydrogen-bond donors (Lipinski definition) is 2. The fourth-order valence-corrected chi connectivity index (χ4v) is 2.01. The molecule has 1 aromatic carbocycles. The Kier molecular flexibility index (Phi) is 6.49. The van der Waals surface area contributed by atoms with E-state index in [-0.39, 0.29) is 29.6 Å². The van der Waals surface area contributed by atoms with Gasteiger partial charge in [-0.05, 0) is 23.1 Å². The van der Waals surface area contributed by atoms with Crippen LogP contribution in [0.25, 0.3) is 0 Å². The van der Waals surface area contributed by atoms with Crippen molar-refractivity contribution in [1.82, 2.24) is 10.6 Å². The van der Waals surface area contributed by atoms with Gasteiger partial charge in [0.1, 0.15) is 12.4 Å². The summed E-state index contributed by atoms with van der Waals surface area (Å²) >= 11 is 0. The second kappa shape index (κ2) is 7.66. The molecular formula is C16H25ClN2O2. The molecule has 1 aliphatic rings. The third-order valence-electron chi connectivity index (χ3n) is 3.54. The quantitative estimate of drug-likeness (QED) is 0.819. The van der Waals surface area contributed by atoms with E-state index in [1.807, 2.05) is 12.1 Å². The van der Waals surface area contributed by atoms with Crippen molar-refractivity contribution >= 4 is 18.3 Å². The Labute approximate surface area is 133 Å². The minimum Gasteiger partial charge on any atom is -0.492 e. The van der Waals surface area contributed by atoms with E-state index in [0.29, 0.717) is 13.2 Å². The summed E-state index contributed by atoms with van der Waals surface area (Å²) in [5, 5.41) is 5.97. The first-order valence-electron chi connectivity index (χ1n) is 7.18. The topological polar surface area (TPSA) is 50.4 Å². The Morgan fingerprint density at radius 2 is 1.90 bits per heavy atom. The first-order chi connectivity index (χ1) is 9.47. The zero-order valence-electron chi connectivity index (χ0n) is 12.9. The average Bonchev–Trinajstić information content (AvgIpc) is 2.32.